The fraction of sp³-hybridized carbons (Fsp3) is 0.917. The summed E-state index contributed by atoms with van der Waals surface area (Å²) in [5.41, 5.74) is 5.51. The average Bonchev–Trinajstić information content (AvgIpc) is 2.27. The van der Waals surface area contributed by atoms with Crippen LogP contribution >= 0.6 is 0 Å². The third-order valence-corrected chi connectivity index (χ3v) is 3.18. The molecule has 3 heteroatoms. The van der Waals surface area contributed by atoms with Gasteiger partial charge in [-0.25, -0.2) is 0 Å². The third kappa shape index (κ3) is 5.28. The van der Waals surface area contributed by atoms with Gasteiger partial charge in [0.2, 0.25) is 0 Å². The fourth-order valence-corrected chi connectivity index (χ4v) is 1.90. The van der Waals surface area contributed by atoms with Gasteiger partial charge in [-0.3, -0.25) is 4.79 Å². The van der Waals surface area contributed by atoms with E-state index in [1.54, 1.807) is 0 Å². The Morgan fingerprint density at radius 1 is 1.47 bits per heavy atom. The predicted molar refractivity (Wildman–Crippen MR) is 60.6 cm³/mol. The molecule has 1 unspecified atom stereocenters. The van der Waals surface area contributed by atoms with Crippen LogP contribution in [0.5, 0.6) is 0 Å². The molecule has 0 radical (unpaired) electrons. The molecule has 0 bridgehead atoms. The topological polar surface area (TPSA) is 52.3 Å². The molecule has 1 saturated heterocycles. The van der Waals surface area contributed by atoms with E-state index in [0.717, 1.165) is 38.9 Å². The fourth-order valence-electron chi connectivity index (χ4n) is 1.90. The van der Waals surface area contributed by atoms with Gasteiger partial charge in [-0.1, -0.05) is 6.92 Å². The van der Waals surface area contributed by atoms with Crippen molar-refractivity contribution in [3.8, 4) is 0 Å². The molecule has 0 aromatic rings. The zero-order valence-corrected chi connectivity index (χ0v) is 9.71. The highest BCUT2D eigenvalue weighted by Gasteiger charge is 2.17. The largest absolute Gasteiger partial charge is 0.381 e. The van der Waals surface area contributed by atoms with E-state index in [-0.39, 0.29) is 0 Å². The lowest BCUT2D eigenvalue weighted by molar-refractivity contribution is -0.120. The van der Waals surface area contributed by atoms with Crippen molar-refractivity contribution < 1.29 is 9.53 Å². The minimum Gasteiger partial charge on any atom is -0.381 e. The zero-order valence-electron chi connectivity index (χ0n) is 9.71. The number of ketones is 1. The molecule has 0 amide bonds. The molecule has 88 valence electrons. The lowest BCUT2D eigenvalue weighted by atomic mass is 9.92. The SMILES string of the molecule is CC(CN)CCC(=O)CC1CCOCC1. The van der Waals surface area contributed by atoms with Crippen molar-refractivity contribution in [3.63, 3.8) is 0 Å². The Bertz CT molecular complexity index is 188. The van der Waals surface area contributed by atoms with E-state index in [4.69, 9.17) is 10.5 Å². The van der Waals surface area contributed by atoms with E-state index < -0.39 is 0 Å². The van der Waals surface area contributed by atoms with Crippen LogP contribution in [0.4, 0.5) is 0 Å². The Labute approximate surface area is 92.4 Å². The smallest absolute Gasteiger partial charge is 0.133 e. The van der Waals surface area contributed by atoms with Crippen molar-refractivity contribution >= 4 is 5.78 Å². The van der Waals surface area contributed by atoms with E-state index in [1.165, 1.54) is 0 Å². The molecular formula is C12H23NO2. The standard InChI is InChI=1S/C12H23NO2/c1-10(9-13)2-3-12(14)8-11-4-6-15-7-5-11/h10-11H,2-9,13H2,1H3. The van der Waals surface area contributed by atoms with E-state index >= 15 is 0 Å². The summed E-state index contributed by atoms with van der Waals surface area (Å²) < 4.78 is 5.27. The third-order valence-electron chi connectivity index (χ3n) is 3.18. The van der Waals surface area contributed by atoms with Crippen LogP contribution in [-0.2, 0) is 9.53 Å². The van der Waals surface area contributed by atoms with Crippen molar-refractivity contribution in [3.05, 3.63) is 0 Å². The number of nitrogens with two attached hydrogens (primary N) is 1. The molecule has 1 atom stereocenters. The Balaban J connectivity index is 2.11. The first kappa shape index (κ1) is 12.7. The van der Waals surface area contributed by atoms with Crippen LogP contribution in [0.2, 0.25) is 0 Å². The first-order valence-electron chi connectivity index (χ1n) is 6.02. The Morgan fingerprint density at radius 3 is 2.73 bits per heavy atom. The summed E-state index contributed by atoms with van der Waals surface area (Å²) in [5, 5.41) is 0. The number of carbonyl (C=O) groups is 1. The van der Waals surface area contributed by atoms with E-state index in [2.05, 4.69) is 6.92 Å². The maximum absolute atomic E-state index is 11.7. The first-order chi connectivity index (χ1) is 7.22. The highest BCUT2D eigenvalue weighted by molar-refractivity contribution is 5.78. The second-order valence-electron chi connectivity index (χ2n) is 4.68. The van der Waals surface area contributed by atoms with Crippen LogP contribution < -0.4 is 5.73 Å². The summed E-state index contributed by atoms with van der Waals surface area (Å²) in [6, 6.07) is 0. The van der Waals surface area contributed by atoms with E-state index in [9.17, 15) is 4.79 Å². The van der Waals surface area contributed by atoms with Crippen LogP contribution in [0.25, 0.3) is 0 Å². The van der Waals surface area contributed by atoms with Gasteiger partial charge in [0, 0.05) is 26.1 Å². The van der Waals surface area contributed by atoms with Gasteiger partial charge in [-0.05, 0) is 37.6 Å². The quantitative estimate of drug-likeness (QED) is 0.731. The molecule has 1 heterocycles. The Kier molecular flexibility index (Phi) is 5.88. The molecular weight excluding hydrogens is 190 g/mol. The second kappa shape index (κ2) is 6.96. The van der Waals surface area contributed by atoms with E-state index in [0.29, 0.717) is 30.6 Å². The first-order valence-corrected chi connectivity index (χ1v) is 6.02. The van der Waals surface area contributed by atoms with Gasteiger partial charge in [0.05, 0.1) is 0 Å². The van der Waals surface area contributed by atoms with Crippen molar-refractivity contribution in [1.82, 2.24) is 0 Å². The van der Waals surface area contributed by atoms with Crippen LogP contribution in [-0.4, -0.2) is 25.5 Å². The summed E-state index contributed by atoms with van der Waals surface area (Å²) in [4.78, 5) is 11.7. The monoisotopic (exact) mass is 213 g/mol. The molecule has 0 aliphatic carbocycles. The second-order valence-corrected chi connectivity index (χ2v) is 4.68. The molecule has 1 aliphatic heterocycles. The van der Waals surface area contributed by atoms with Gasteiger partial charge >= 0.3 is 0 Å². The minimum absolute atomic E-state index is 0.405. The van der Waals surface area contributed by atoms with Crippen molar-refractivity contribution in [2.24, 2.45) is 17.6 Å². The molecule has 0 saturated carbocycles. The number of rotatable bonds is 6. The maximum atomic E-state index is 11.7. The van der Waals surface area contributed by atoms with Crippen molar-refractivity contribution in [2.45, 2.75) is 39.0 Å². The van der Waals surface area contributed by atoms with Crippen LogP contribution in [0.1, 0.15) is 39.0 Å². The highest BCUT2D eigenvalue weighted by Crippen LogP contribution is 2.20. The van der Waals surface area contributed by atoms with Crippen molar-refractivity contribution in [2.75, 3.05) is 19.8 Å². The molecule has 0 aromatic carbocycles. The lowest BCUT2D eigenvalue weighted by Crippen LogP contribution is -2.19. The molecule has 1 aliphatic rings. The summed E-state index contributed by atoms with van der Waals surface area (Å²) in [7, 11) is 0. The number of Topliss-reactive ketones (excluding diaryl/α,β-unsaturated/α-hetero) is 1. The van der Waals surface area contributed by atoms with Gasteiger partial charge < -0.3 is 10.5 Å². The van der Waals surface area contributed by atoms with Gasteiger partial charge in [-0.15, -0.1) is 0 Å². The number of hydrogen-bond acceptors (Lipinski definition) is 3. The summed E-state index contributed by atoms with van der Waals surface area (Å²) in [5.74, 6) is 1.45. The van der Waals surface area contributed by atoms with Gasteiger partial charge in [0.25, 0.3) is 0 Å². The molecule has 1 rings (SSSR count). The van der Waals surface area contributed by atoms with Gasteiger partial charge in [-0.2, -0.15) is 0 Å². The van der Waals surface area contributed by atoms with Crippen molar-refractivity contribution in [1.29, 1.82) is 0 Å². The normalized spacial score (nSPS) is 20.1. The summed E-state index contributed by atoms with van der Waals surface area (Å²) in [6.45, 7) is 4.45. The van der Waals surface area contributed by atoms with Crippen LogP contribution in [0.3, 0.4) is 0 Å². The number of ether oxygens (including phenoxy) is 1. The number of hydrogen-bond donors (Lipinski definition) is 1. The zero-order chi connectivity index (χ0) is 11.1. The summed E-state index contributed by atoms with van der Waals surface area (Å²) >= 11 is 0. The van der Waals surface area contributed by atoms with E-state index in [1.807, 2.05) is 0 Å². The van der Waals surface area contributed by atoms with Gasteiger partial charge in [0.15, 0.2) is 0 Å². The number of carbonyl (C=O) groups excluding carboxylic acids is 1. The molecule has 0 spiro atoms. The average molecular weight is 213 g/mol. The minimum atomic E-state index is 0.405. The predicted octanol–water partition coefficient (Wildman–Crippen LogP) is 1.75. The molecule has 0 aromatic heterocycles. The Morgan fingerprint density at radius 2 is 2.13 bits per heavy atom. The molecule has 3 nitrogen and oxygen atoms in total. The summed E-state index contributed by atoms with van der Waals surface area (Å²) in [6.07, 6.45) is 4.51. The highest BCUT2D eigenvalue weighted by atomic mass is 16.5. The molecule has 2 N–H and O–H groups in total. The molecule has 1 fully saturated rings. The Hall–Kier alpha value is -0.410. The maximum Gasteiger partial charge on any atom is 0.133 e. The molecule has 15 heavy (non-hydrogen) atoms. The van der Waals surface area contributed by atoms with Crippen LogP contribution in [0.15, 0.2) is 0 Å². The van der Waals surface area contributed by atoms with Gasteiger partial charge in [0.1, 0.15) is 5.78 Å². The lowest BCUT2D eigenvalue weighted by Gasteiger charge is -2.21. The van der Waals surface area contributed by atoms with Crippen LogP contribution in [0, 0.1) is 11.8 Å².